The van der Waals surface area contributed by atoms with E-state index < -0.39 is 0 Å². The van der Waals surface area contributed by atoms with Crippen LogP contribution in [0.2, 0.25) is 0 Å². The summed E-state index contributed by atoms with van der Waals surface area (Å²) in [7, 11) is 0. The maximum absolute atomic E-state index is 5.60. The summed E-state index contributed by atoms with van der Waals surface area (Å²) in [6.45, 7) is 11.0. The molecule has 3 nitrogen and oxygen atoms in total. The first-order chi connectivity index (χ1) is 10.3. The summed E-state index contributed by atoms with van der Waals surface area (Å²) in [4.78, 5) is 2.71. The number of aryl methyl sites for hydroxylation is 2. The van der Waals surface area contributed by atoms with Gasteiger partial charge in [0.2, 0.25) is 0 Å². The van der Waals surface area contributed by atoms with Crippen LogP contribution in [-0.4, -0.2) is 44.3 Å². The van der Waals surface area contributed by atoms with Gasteiger partial charge in [-0.3, -0.25) is 4.90 Å². The summed E-state index contributed by atoms with van der Waals surface area (Å²) in [5.74, 6) is 0.733. The molecular formula is C18H28N2O. The molecular weight excluding hydrogens is 260 g/mol. The first kappa shape index (κ1) is 15.0. The van der Waals surface area contributed by atoms with E-state index in [-0.39, 0.29) is 0 Å². The summed E-state index contributed by atoms with van der Waals surface area (Å²) < 4.78 is 5.60. The van der Waals surface area contributed by atoms with Gasteiger partial charge in [0, 0.05) is 45.4 Å². The first-order valence-electron chi connectivity index (χ1n) is 8.36. The molecule has 0 radical (unpaired) electrons. The van der Waals surface area contributed by atoms with E-state index in [2.05, 4.69) is 42.3 Å². The molecule has 0 aromatic heterocycles. The smallest absolute Gasteiger partial charge is 0.0469 e. The largest absolute Gasteiger partial charge is 0.381 e. The molecule has 2 aliphatic rings. The first-order valence-corrected chi connectivity index (χ1v) is 8.36. The number of ether oxygens (including phenoxy) is 1. The molecule has 2 fully saturated rings. The van der Waals surface area contributed by atoms with Gasteiger partial charge < -0.3 is 10.1 Å². The standard InChI is InChI=1S/C18H28N2O/c1-14-4-3-5-15(2)17(14)18(16-6-12-21-13-7-16)20-10-8-19-9-11-20/h3-5,16,18-19H,6-13H2,1-2H3/t18-/m1/s1. The van der Waals surface area contributed by atoms with Crippen molar-refractivity contribution in [2.45, 2.75) is 32.7 Å². The minimum Gasteiger partial charge on any atom is -0.381 e. The third kappa shape index (κ3) is 3.31. The monoisotopic (exact) mass is 288 g/mol. The minimum atomic E-state index is 0.567. The molecule has 1 atom stereocenters. The van der Waals surface area contributed by atoms with E-state index in [1.54, 1.807) is 5.56 Å². The number of nitrogens with one attached hydrogen (secondary N) is 1. The summed E-state index contributed by atoms with van der Waals surface area (Å²) >= 11 is 0. The van der Waals surface area contributed by atoms with Crippen LogP contribution in [0.5, 0.6) is 0 Å². The van der Waals surface area contributed by atoms with Crippen LogP contribution >= 0.6 is 0 Å². The zero-order valence-electron chi connectivity index (χ0n) is 13.4. The summed E-state index contributed by atoms with van der Waals surface area (Å²) in [5, 5.41) is 3.49. The Bertz CT molecular complexity index is 424. The highest BCUT2D eigenvalue weighted by Gasteiger charge is 2.32. The van der Waals surface area contributed by atoms with E-state index in [0.717, 1.165) is 45.3 Å². The lowest BCUT2D eigenvalue weighted by atomic mass is 9.82. The summed E-state index contributed by atoms with van der Waals surface area (Å²) in [6, 6.07) is 7.30. The van der Waals surface area contributed by atoms with Crippen LogP contribution in [-0.2, 0) is 4.74 Å². The predicted molar refractivity (Wildman–Crippen MR) is 86.6 cm³/mol. The van der Waals surface area contributed by atoms with Crippen molar-refractivity contribution in [3.63, 3.8) is 0 Å². The molecule has 3 heteroatoms. The van der Waals surface area contributed by atoms with E-state index in [1.165, 1.54) is 24.0 Å². The van der Waals surface area contributed by atoms with Gasteiger partial charge in [0.1, 0.15) is 0 Å². The van der Waals surface area contributed by atoms with Gasteiger partial charge in [-0.15, -0.1) is 0 Å². The predicted octanol–water partition coefficient (Wildman–Crippen LogP) is 2.68. The molecule has 1 aromatic carbocycles. The van der Waals surface area contributed by atoms with Gasteiger partial charge in [-0.2, -0.15) is 0 Å². The van der Waals surface area contributed by atoms with Crippen molar-refractivity contribution in [2.24, 2.45) is 5.92 Å². The van der Waals surface area contributed by atoms with Crippen molar-refractivity contribution >= 4 is 0 Å². The average Bonchev–Trinajstić information content (AvgIpc) is 2.53. The van der Waals surface area contributed by atoms with E-state index in [0.29, 0.717) is 6.04 Å². The molecule has 0 bridgehead atoms. The number of nitrogens with zero attached hydrogens (tertiary/aromatic N) is 1. The van der Waals surface area contributed by atoms with Crippen LogP contribution in [0.25, 0.3) is 0 Å². The molecule has 3 rings (SSSR count). The maximum atomic E-state index is 5.60. The van der Waals surface area contributed by atoms with Crippen LogP contribution in [0.1, 0.15) is 35.6 Å². The molecule has 0 saturated carbocycles. The quantitative estimate of drug-likeness (QED) is 0.925. The number of piperazine rings is 1. The van der Waals surface area contributed by atoms with E-state index in [4.69, 9.17) is 4.74 Å². The van der Waals surface area contributed by atoms with Crippen molar-refractivity contribution in [3.8, 4) is 0 Å². The Hall–Kier alpha value is -0.900. The fraction of sp³-hybridized carbons (Fsp3) is 0.667. The Balaban J connectivity index is 1.94. The van der Waals surface area contributed by atoms with Crippen molar-refractivity contribution in [2.75, 3.05) is 39.4 Å². The zero-order chi connectivity index (χ0) is 14.7. The zero-order valence-corrected chi connectivity index (χ0v) is 13.4. The van der Waals surface area contributed by atoms with Gasteiger partial charge in [-0.05, 0) is 49.3 Å². The third-order valence-corrected chi connectivity index (χ3v) is 5.10. The van der Waals surface area contributed by atoms with Gasteiger partial charge >= 0.3 is 0 Å². The Morgan fingerprint density at radius 1 is 1.10 bits per heavy atom. The molecule has 0 spiro atoms. The van der Waals surface area contributed by atoms with Crippen LogP contribution in [0.4, 0.5) is 0 Å². The molecule has 0 amide bonds. The van der Waals surface area contributed by atoms with Crippen molar-refractivity contribution in [1.29, 1.82) is 0 Å². The second-order valence-corrected chi connectivity index (χ2v) is 6.49. The van der Waals surface area contributed by atoms with Crippen LogP contribution < -0.4 is 5.32 Å². The van der Waals surface area contributed by atoms with Gasteiger partial charge in [-0.1, -0.05) is 18.2 Å². The minimum absolute atomic E-state index is 0.567. The van der Waals surface area contributed by atoms with E-state index in [9.17, 15) is 0 Å². The summed E-state index contributed by atoms with van der Waals surface area (Å²) in [5.41, 5.74) is 4.47. The molecule has 2 aliphatic heterocycles. The number of hydrogen-bond donors (Lipinski definition) is 1. The molecule has 0 aliphatic carbocycles. The normalized spacial score (nSPS) is 23.1. The second kappa shape index (κ2) is 6.91. The lowest BCUT2D eigenvalue weighted by Gasteiger charge is -2.42. The third-order valence-electron chi connectivity index (χ3n) is 5.10. The topological polar surface area (TPSA) is 24.5 Å². The Labute approximate surface area is 128 Å². The molecule has 116 valence electrons. The fourth-order valence-corrected chi connectivity index (χ4v) is 4.00. The highest BCUT2D eigenvalue weighted by atomic mass is 16.5. The molecule has 0 unspecified atom stereocenters. The highest BCUT2D eigenvalue weighted by molar-refractivity contribution is 5.37. The lowest BCUT2D eigenvalue weighted by Crippen LogP contribution is -2.48. The van der Waals surface area contributed by atoms with Crippen LogP contribution in [0, 0.1) is 19.8 Å². The van der Waals surface area contributed by atoms with Gasteiger partial charge in [0.05, 0.1) is 0 Å². The van der Waals surface area contributed by atoms with Crippen molar-refractivity contribution < 1.29 is 4.74 Å². The Morgan fingerprint density at radius 2 is 1.71 bits per heavy atom. The van der Waals surface area contributed by atoms with Crippen LogP contribution in [0.3, 0.4) is 0 Å². The lowest BCUT2D eigenvalue weighted by molar-refractivity contribution is 0.0209. The molecule has 1 N–H and O–H groups in total. The molecule has 2 heterocycles. The molecule has 1 aromatic rings. The second-order valence-electron chi connectivity index (χ2n) is 6.49. The molecule has 21 heavy (non-hydrogen) atoms. The van der Waals surface area contributed by atoms with E-state index >= 15 is 0 Å². The average molecular weight is 288 g/mol. The maximum Gasteiger partial charge on any atom is 0.0469 e. The highest BCUT2D eigenvalue weighted by Crippen LogP contribution is 2.38. The van der Waals surface area contributed by atoms with E-state index in [1.807, 2.05) is 0 Å². The molecule has 2 saturated heterocycles. The fourth-order valence-electron chi connectivity index (χ4n) is 4.00. The Kier molecular flexibility index (Phi) is 4.94. The van der Waals surface area contributed by atoms with Crippen LogP contribution in [0.15, 0.2) is 18.2 Å². The van der Waals surface area contributed by atoms with Gasteiger partial charge in [0.25, 0.3) is 0 Å². The number of rotatable bonds is 3. The Morgan fingerprint density at radius 3 is 2.33 bits per heavy atom. The summed E-state index contributed by atoms with van der Waals surface area (Å²) in [6.07, 6.45) is 2.39. The van der Waals surface area contributed by atoms with Crippen molar-refractivity contribution in [3.05, 3.63) is 34.9 Å². The number of hydrogen-bond acceptors (Lipinski definition) is 3. The van der Waals surface area contributed by atoms with Gasteiger partial charge in [0.15, 0.2) is 0 Å². The van der Waals surface area contributed by atoms with Crippen molar-refractivity contribution in [1.82, 2.24) is 10.2 Å². The van der Waals surface area contributed by atoms with Gasteiger partial charge in [-0.25, -0.2) is 0 Å². The number of benzene rings is 1. The SMILES string of the molecule is Cc1cccc(C)c1[C@@H](C1CCOCC1)N1CCNCC1.